The van der Waals surface area contributed by atoms with E-state index in [-0.39, 0.29) is 5.60 Å². The van der Waals surface area contributed by atoms with Gasteiger partial charge in [0.05, 0.1) is 5.69 Å². The van der Waals surface area contributed by atoms with E-state index >= 15 is 0 Å². The zero-order valence-electron chi connectivity index (χ0n) is 8.91. The van der Waals surface area contributed by atoms with Crippen LogP contribution in [-0.4, -0.2) is 11.7 Å². The molecule has 15 heavy (non-hydrogen) atoms. The van der Waals surface area contributed by atoms with E-state index in [2.05, 4.69) is 18.8 Å². The van der Waals surface area contributed by atoms with Gasteiger partial charge in [-0.25, -0.2) is 4.79 Å². The Hall–Kier alpha value is -1.60. The molecule has 0 aliphatic carbocycles. The molecule has 78 valence electrons. The Balaban J connectivity index is 2.36. The number of carbonyl (C=O) groups excluding carboxylic acids is 1. The predicted octanol–water partition coefficient (Wildman–Crippen LogP) is 2.76. The molecule has 0 amide bonds. The Morgan fingerprint density at radius 2 is 2.27 bits per heavy atom. The average Bonchev–Trinajstić information content (AvgIpc) is 2.18. The first-order chi connectivity index (χ1) is 7.11. The minimum absolute atomic E-state index is 0.0948. The van der Waals surface area contributed by atoms with Crippen molar-refractivity contribution >= 4 is 11.8 Å². The van der Waals surface area contributed by atoms with E-state index in [0.717, 1.165) is 24.2 Å². The highest BCUT2D eigenvalue weighted by Crippen LogP contribution is 2.34. The number of hydrogen-bond donors (Lipinski definition) is 0. The molecule has 1 aliphatic rings. The molecule has 1 aromatic rings. The van der Waals surface area contributed by atoms with Crippen LogP contribution in [0, 0.1) is 0 Å². The van der Waals surface area contributed by atoms with Gasteiger partial charge in [0.1, 0.15) is 11.4 Å². The van der Waals surface area contributed by atoms with Gasteiger partial charge in [-0.3, -0.25) is 0 Å². The molecule has 0 bridgehead atoms. The molecule has 0 saturated heterocycles. The van der Waals surface area contributed by atoms with Crippen molar-refractivity contribution in [2.45, 2.75) is 32.3 Å². The molecular formula is C12H13NO2. The highest BCUT2D eigenvalue weighted by Gasteiger charge is 2.26. The van der Waals surface area contributed by atoms with Crippen LogP contribution in [0.25, 0.3) is 0 Å². The molecule has 1 aliphatic heterocycles. The number of hydrogen-bond acceptors (Lipinski definition) is 3. The number of aliphatic imine (C=N–C) groups is 1. The molecule has 0 fully saturated rings. The van der Waals surface area contributed by atoms with Gasteiger partial charge in [0.25, 0.3) is 0 Å². The van der Waals surface area contributed by atoms with Gasteiger partial charge >= 0.3 is 0 Å². The molecular weight excluding hydrogens is 190 g/mol. The molecule has 0 radical (unpaired) electrons. The number of isocyanates is 1. The number of fused-ring (bicyclic) bond motifs is 1. The second-order valence-electron chi connectivity index (χ2n) is 4.36. The third-order valence-electron chi connectivity index (χ3n) is 2.60. The van der Waals surface area contributed by atoms with E-state index in [4.69, 9.17) is 4.74 Å². The van der Waals surface area contributed by atoms with Crippen LogP contribution in [0.4, 0.5) is 5.69 Å². The highest BCUT2D eigenvalue weighted by atomic mass is 16.5. The molecule has 0 aromatic heterocycles. The third-order valence-corrected chi connectivity index (χ3v) is 2.60. The third kappa shape index (κ3) is 2.08. The van der Waals surface area contributed by atoms with E-state index in [1.807, 2.05) is 12.1 Å². The van der Waals surface area contributed by atoms with Crippen molar-refractivity contribution in [3.63, 3.8) is 0 Å². The lowest BCUT2D eigenvalue weighted by Gasteiger charge is -2.32. The smallest absolute Gasteiger partial charge is 0.240 e. The summed E-state index contributed by atoms with van der Waals surface area (Å²) in [5, 5.41) is 0. The maximum Gasteiger partial charge on any atom is 0.240 e. The van der Waals surface area contributed by atoms with Gasteiger partial charge in [0.2, 0.25) is 6.08 Å². The summed E-state index contributed by atoms with van der Waals surface area (Å²) in [5.74, 6) is 0.899. The first-order valence-corrected chi connectivity index (χ1v) is 5.00. The predicted molar refractivity (Wildman–Crippen MR) is 57.3 cm³/mol. The van der Waals surface area contributed by atoms with Crippen LogP contribution in [0.3, 0.4) is 0 Å². The van der Waals surface area contributed by atoms with Gasteiger partial charge < -0.3 is 4.74 Å². The van der Waals surface area contributed by atoms with Crippen molar-refractivity contribution in [1.29, 1.82) is 0 Å². The van der Waals surface area contributed by atoms with E-state index in [0.29, 0.717) is 5.69 Å². The van der Waals surface area contributed by atoms with Crippen LogP contribution in [0.15, 0.2) is 23.2 Å². The summed E-state index contributed by atoms with van der Waals surface area (Å²) in [5.41, 5.74) is 1.67. The maximum absolute atomic E-state index is 10.1. The highest BCUT2D eigenvalue weighted by molar-refractivity contribution is 5.53. The Bertz CT molecular complexity index is 431. The lowest BCUT2D eigenvalue weighted by atomic mass is 9.94. The molecule has 3 nitrogen and oxygen atoms in total. The molecule has 2 rings (SSSR count). The number of nitrogens with zero attached hydrogens (tertiary/aromatic N) is 1. The summed E-state index contributed by atoms with van der Waals surface area (Å²) < 4.78 is 5.81. The van der Waals surface area contributed by atoms with E-state index < -0.39 is 0 Å². The standard InChI is InChI=1S/C12H13NO2/c1-12(2)6-5-9-7-10(13-8-14)3-4-11(9)15-12/h3-4,7H,5-6H2,1-2H3. The Morgan fingerprint density at radius 1 is 1.47 bits per heavy atom. The van der Waals surface area contributed by atoms with Crippen LogP contribution in [0.2, 0.25) is 0 Å². The minimum Gasteiger partial charge on any atom is -0.488 e. The summed E-state index contributed by atoms with van der Waals surface area (Å²) in [6.45, 7) is 4.15. The zero-order chi connectivity index (χ0) is 10.9. The quantitative estimate of drug-likeness (QED) is 0.520. The van der Waals surface area contributed by atoms with Crippen LogP contribution < -0.4 is 4.74 Å². The normalized spacial score (nSPS) is 17.2. The van der Waals surface area contributed by atoms with E-state index in [1.165, 1.54) is 0 Å². The molecule has 0 N–H and O–H groups in total. The second-order valence-corrected chi connectivity index (χ2v) is 4.36. The second kappa shape index (κ2) is 3.52. The maximum atomic E-state index is 10.1. The lowest BCUT2D eigenvalue weighted by Crippen LogP contribution is -2.32. The van der Waals surface area contributed by atoms with Crippen molar-refractivity contribution in [3.8, 4) is 5.75 Å². The van der Waals surface area contributed by atoms with E-state index in [9.17, 15) is 4.79 Å². The Morgan fingerprint density at radius 3 is 3.00 bits per heavy atom. The SMILES string of the molecule is CC1(C)CCc2cc(N=C=O)ccc2O1. The molecule has 3 heteroatoms. The number of ether oxygens (including phenoxy) is 1. The van der Waals surface area contributed by atoms with Crippen LogP contribution >= 0.6 is 0 Å². The number of aryl methyl sites for hydroxylation is 1. The Kier molecular flexibility index (Phi) is 2.33. The molecule has 0 atom stereocenters. The van der Waals surface area contributed by atoms with Crippen LogP contribution in [-0.2, 0) is 11.2 Å². The first kappa shape index (κ1) is 9.94. The minimum atomic E-state index is -0.0948. The van der Waals surface area contributed by atoms with Crippen LogP contribution in [0.5, 0.6) is 5.75 Å². The zero-order valence-corrected chi connectivity index (χ0v) is 8.91. The van der Waals surface area contributed by atoms with Crippen molar-refractivity contribution < 1.29 is 9.53 Å². The van der Waals surface area contributed by atoms with Crippen molar-refractivity contribution in [2.24, 2.45) is 4.99 Å². The van der Waals surface area contributed by atoms with Gasteiger partial charge in [-0.2, -0.15) is 4.99 Å². The topological polar surface area (TPSA) is 38.7 Å². The van der Waals surface area contributed by atoms with Gasteiger partial charge in [-0.1, -0.05) is 0 Å². The summed E-state index contributed by atoms with van der Waals surface area (Å²) in [6.07, 6.45) is 3.48. The van der Waals surface area contributed by atoms with Crippen molar-refractivity contribution in [3.05, 3.63) is 23.8 Å². The Labute approximate surface area is 88.8 Å². The largest absolute Gasteiger partial charge is 0.488 e. The summed E-state index contributed by atoms with van der Waals surface area (Å²) in [6, 6.07) is 5.52. The van der Waals surface area contributed by atoms with Crippen LogP contribution in [0.1, 0.15) is 25.8 Å². The van der Waals surface area contributed by atoms with Gasteiger partial charge in [0, 0.05) is 0 Å². The average molecular weight is 203 g/mol. The molecule has 0 spiro atoms. The number of rotatable bonds is 1. The summed E-state index contributed by atoms with van der Waals surface area (Å²) >= 11 is 0. The molecule has 0 saturated carbocycles. The molecule has 1 heterocycles. The van der Waals surface area contributed by atoms with Gasteiger partial charge in [-0.05, 0) is 50.5 Å². The summed E-state index contributed by atoms with van der Waals surface area (Å²) in [4.78, 5) is 13.7. The fraction of sp³-hybridized carbons (Fsp3) is 0.417. The first-order valence-electron chi connectivity index (χ1n) is 5.00. The summed E-state index contributed by atoms with van der Waals surface area (Å²) in [7, 11) is 0. The van der Waals surface area contributed by atoms with Crippen molar-refractivity contribution in [1.82, 2.24) is 0 Å². The van der Waals surface area contributed by atoms with E-state index in [1.54, 1.807) is 12.1 Å². The fourth-order valence-electron chi connectivity index (χ4n) is 1.77. The molecule has 0 unspecified atom stereocenters. The molecule has 1 aromatic carbocycles. The number of benzene rings is 1. The van der Waals surface area contributed by atoms with Gasteiger partial charge in [0.15, 0.2) is 0 Å². The van der Waals surface area contributed by atoms with Gasteiger partial charge in [-0.15, -0.1) is 0 Å². The monoisotopic (exact) mass is 203 g/mol. The van der Waals surface area contributed by atoms with Crippen molar-refractivity contribution in [2.75, 3.05) is 0 Å². The lowest BCUT2D eigenvalue weighted by molar-refractivity contribution is 0.0847. The fourth-order valence-corrected chi connectivity index (χ4v) is 1.77.